The third-order valence-corrected chi connectivity index (χ3v) is 2.84. The Bertz CT molecular complexity index is 505. The van der Waals surface area contributed by atoms with E-state index in [1.54, 1.807) is 20.8 Å². The Hall–Kier alpha value is -1.82. The van der Waals surface area contributed by atoms with Crippen molar-refractivity contribution < 1.29 is 19.4 Å². The summed E-state index contributed by atoms with van der Waals surface area (Å²) < 4.78 is 5.16. The van der Waals surface area contributed by atoms with Crippen molar-refractivity contribution in [2.24, 2.45) is 5.92 Å². The molecule has 2 N–H and O–H groups in total. The van der Waals surface area contributed by atoms with Crippen LogP contribution in [0.15, 0.2) is 12.3 Å². The standard InChI is InChI=1S/C13H17ClN2O4/c1-4-20-12-9(14)5-8(6-15-12)11(17)16-10(7(2)3)13(18)19/h5-7,10H,4H2,1-3H3,(H,16,17)(H,18,19)/t10-/m0/s1. The molecule has 0 radical (unpaired) electrons. The molecule has 0 spiro atoms. The first-order chi connectivity index (χ1) is 9.36. The van der Waals surface area contributed by atoms with Crippen molar-refractivity contribution in [2.45, 2.75) is 26.8 Å². The molecule has 1 heterocycles. The number of pyridine rings is 1. The molecule has 0 fully saturated rings. The molecular formula is C13H17ClN2O4. The zero-order valence-corrected chi connectivity index (χ0v) is 12.3. The molecule has 1 atom stereocenters. The molecule has 110 valence electrons. The van der Waals surface area contributed by atoms with E-state index in [-0.39, 0.29) is 22.4 Å². The average molecular weight is 301 g/mol. The predicted octanol–water partition coefficient (Wildman–Crippen LogP) is 1.97. The molecule has 20 heavy (non-hydrogen) atoms. The van der Waals surface area contributed by atoms with Gasteiger partial charge in [-0.15, -0.1) is 0 Å². The van der Waals surface area contributed by atoms with E-state index < -0.39 is 17.9 Å². The van der Waals surface area contributed by atoms with E-state index in [0.29, 0.717) is 6.61 Å². The van der Waals surface area contributed by atoms with Crippen LogP contribution in [-0.2, 0) is 4.79 Å². The molecule has 1 aromatic rings. The van der Waals surface area contributed by atoms with Crippen molar-refractivity contribution in [3.05, 3.63) is 22.8 Å². The minimum Gasteiger partial charge on any atom is -0.480 e. The minimum atomic E-state index is -1.08. The summed E-state index contributed by atoms with van der Waals surface area (Å²) in [6.45, 7) is 5.62. The van der Waals surface area contributed by atoms with Gasteiger partial charge in [-0.1, -0.05) is 25.4 Å². The van der Waals surface area contributed by atoms with Crippen molar-refractivity contribution in [1.29, 1.82) is 0 Å². The summed E-state index contributed by atoms with van der Waals surface area (Å²) in [7, 11) is 0. The fraction of sp³-hybridized carbons (Fsp3) is 0.462. The Morgan fingerprint density at radius 2 is 2.15 bits per heavy atom. The zero-order valence-electron chi connectivity index (χ0n) is 11.5. The van der Waals surface area contributed by atoms with Crippen LogP contribution in [0.3, 0.4) is 0 Å². The number of rotatable bonds is 6. The molecule has 7 heteroatoms. The van der Waals surface area contributed by atoms with Crippen LogP contribution in [0.4, 0.5) is 0 Å². The molecule has 0 aliphatic heterocycles. The number of carboxylic acids is 1. The van der Waals surface area contributed by atoms with Gasteiger partial charge in [0.15, 0.2) is 0 Å². The molecule has 0 aliphatic rings. The van der Waals surface area contributed by atoms with Crippen molar-refractivity contribution in [2.75, 3.05) is 6.61 Å². The van der Waals surface area contributed by atoms with E-state index in [1.807, 2.05) is 0 Å². The fourth-order valence-corrected chi connectivity index (χ4v) is 1.75. The van der Waals surface area contributed by atoms with Gasteiger partial charge in [-0.3, -0.25) is 4.79 Å². The van der Waals surface area contributed by atoms with Crippen LogP contribution < -0.4 is 10.1 Å². The maximum atomic E-state index is 12.0. The van der Waals surface area contributed by atoms with Crippen molar-refractivity contribution >= 4 is 23.5 Å². The number of aliphatic carboxylic acids is 1. The number of nitrogens with one attached hydrogen (secondary N) is 1. The Kier molecular flexibility index (Phi) is 5.76. The third-order valence-electron chi connectivity index (χ3n) is 2.57. The maximum absolute atomic E-state index is 12.0. The highest BCUT2D eigenvalue weighted by molar-refractivity contribution is 6.32. The smallest absolute Gasteiger partial charge is 0.326 e. The van der Waals surface area contributed by atoms with E-state index in [9.17, 15) is 9.59 Å². The van der Waals surface area contributed by atoms with E-state index >= 15 is 0 Å². The molecular weight excluding hydrogens is 284 g/mol. The quantitative estimate of drug-likeness (QED) is 0.838. The summed E-state index contributed by atoms with van der Waals surface area (Å²) in [5.74, 6) is -1.62. The molecule has 0 bridgehead atoms. The highest BCUT2D eigenvalue weighted by Crippen LogP contribution is 2.22. The van der Waals surface area contributed by atoms with E-state index in [0.717, 1.165) is 0 Å². The predicted molar refractivity (Wildman–Crippen MR) is 74.1 cm³/mol. The summed E-state index contributed by atoms with van der Waals surface area (Å²) >= 11 is 5.93. The number of amides is 1. The lowest BCUT2D eigenvalue weighted by Gasteiger charge is -2.17. The molecule has 0 aliphatic carbocycles. The number of nitrogens with zero attached hydrogens (tertiary/aromatic N) is 1. The van der Waals surface area contributed by atoms with Crippen LogP contribution >= 0.6 is 11.6 Å². The molecule has 1 rings (SSSR count). The maximum Gasteiger partial charge on any atom is 0.326 e. The highest BCUT2D eigenvalue weighted by atomic mass is 35.5. The van der Waals surface area contributed by atoms with Gasteiger partial charge in [0.05, 0.1) is 12.2 Å². The normalized spacial score (nSPS) is 12.1. The first-order valence-electron chi connectivity index (χ1n) is 6.18. The molecule has 0 aromatic carbocycles. The van der Waals surface area contributed by atoms with Crippen molar-refractivity contribution in [1.82, 2.24) is 10.3 Å². The average Bonchev–Trinajstić information content (AvgIpc) is 2.37. The number of hydrogen-bond donors (Lipinski definition) is 2. The van der Waals surface area contributed by atoms with Gasteiger partial charge in [-0.05, 0) is 18.9 Å². The van der Waals surface area contributed by atoms with Gasteiger partial charge >= 0.3 is 5.97 Å². The van der Waals surface area contributed by atoms with Crippen LogP contribution in [-0.4, -0.2) is 34.6 Å². The Labute approximate surface area is 122 Å². The number of ether oxygens (including phenoxy) is 1. The van der Waals surface area contributed by atoms with Crippen LogP contribution in [0.2, 0.25) is 5.02 Å². The first-order valence-corrected chi connectivity index (χ1v) is 6.56. The van der Waals surface area contributed by atoms with Gasteiger partial charge in [-0.2, -0.15) is 0 Å². The van der Waals surface area contributed by atoms with Crippen LogP contribution in [0.5, 0.6) is 5.88 Å². The number of carbonyl (C=O) groups excluding carboxylic acids is 1. The second-order valence-corrected chi connectivity index (χ2v) is 4.88. The zero-order chi connectivity index (χ0) is 15.3. The first kappa shape index (κ1) is 16.2. The monoisotopic (exact) mass is 300 g/mol. The lowest BCUT2D eigenvalue weighted by molar-refractivity contribution is -0.140. The van der Waals surface area contributed by atoms with Gasteiger partial charge in [0, 0.05) is 6.20 Å². The number of hydrogen-bond acceptors (Lipinski definition) is 4. The van der Waals surface area contributed by atoms with Gasteiger partial charge in [0.2, 0.25) is 5.88 Å². The number of halogens is 1. The molecule has 1 amide bonds. The van der Waals surface area contributed by atoms with Gasteiger partial charge < -0.3 is 15.2 Å². The summed E-state index contributed by atoms with van der Waals surface area (Å²) in [5.41, 5.74) is 0.186. The number of carboxylic acid groups (broad SMARTS) is 1. The minimum absolute atomic E-state index is 0.186. The molecule has 0 unspecified atom stereocenters. The topological polar surface area (TPSA) is 88.5 Å². The molecule has 0 saturated carbocycles. The van der Waals surface area contributed by atoms with Gasteiger partial charge in [0.1, 0.15) is 11.1 Å². The third kappa shape index (κ3) is 4.09. The Morgan fingerprint density at radius 3 is 2.60 bits per heavy atom. The second kappa shape index (κ2) is 7.09. The highest BCUT2D eigenvalue weighted by Gasteiger charge is 2.24. The van der Waals surface area contributed by atoms with Crippen molar-refractivity contribution in [3.8, 4) is 5.88 Å². The lowest BCUT2D eigenvalue weighted by atomic mass is 10.0. The Balaban J connectivity index is 2.87. The molecule has 0 saturated heterocycles. The van der Waals surface area contributed by atoms with Crippen LogP contribution in [0.25, 0.3) is 0 Å². The Morgan fingerprint density at radius 1 is 1.50 bits per heavy atom. The molecule has 6 nitrogen and oxygen atoms in total. The molecule has 1 aromatic heterocycles. The summed E-state index contributed by atoms with van der Waals surface area (Å²) in [6, 6.07) is 0.432. The van der Waals surface area contributed by atoms with Crippen molar-refractivity contribution in [3.63, 3.8) is 0 Å². The van der Waals surface area contributed by atoms with E-state index in [4.69, 9.17) is 21.4 Å². The van der Waals surface area contributed by atoms with Gasteiger partial charge in [-0.25, -0.2) is 9.78 Å². The summed E-state index contributed by atoms with van der Waals surface area (Å²) in [4.78, 5) is 26.9. The lowest BCUT2D eigenvalue weighted by Crippen LogP contribution is -2.44. The SMILES string of the molecule is CCOc1ncc(C(=O)N[C@H](C(=O)O)C(C)C)cc1Cl. The number of aromatic nitrogens is 1. The van der Waals surface area contributed by atoms with Gasteiger partial charge in [0.25, 0.3) is 5.91 Å². The van der Waals surface area contributed by atoms with Crippen LogP contribution in [0.1, 0.15) is 31.1 Å². The largest absolute Gasteiger partial charge is 0.480 e. The second-order valence-electron chi connectivity index (χ2n) is 4.48. The fourth-order valence-electron chi connectivity index (χ4n) is 1.53. The van der Waals surface area contributed by atoms with Crippen LogP contribution in [0, 0.1) is 5.92 Å². The van der Waals surface area contributed by atoms with E-state index in [1.165, 1.54) is 12.3 Å². The van der Waals surface area contributed by atoms with E-state index in [2.05, 4.69) is 10.3 Å². The summed E-state index contributed by atoms with van der Waals surface area (Å²) in [6.07, 6.45) is 1.30. The number of carbonyl (C=O) groups is 2. The summed E-state index contributed by atoms with van der Waals surface area (Å²) in [5, 5.41) is 11.7.